The third kappa shape index (κ3) is 5.18. The van der Waals surface area contributed by atoms with Gasteiger partial charge in [-0.05, 0) is 31.4 Å². The average molecular weight is 338 g/mol. The van der Waals surface area contributed by atoms with E-state index in [4.69, 9.17) is 0 Å². The first-order chi connectivity index (χ1) is 12.0. The van der Waals surface area contributed by atoms with E-state index < -0.39 is 12.0 Å². The summed E-state index contributed by atoms with van der Waals surface area (Å²) in [7, 11) is 0. The van der Waals surface area contributed by atoms with Crippen LogP contribution in [-0.4, -0.2) is 23.9 Å². The molecule has 0 fully saturated rings. The van der Waals surface area contributed by atoms with E-state index in [2.05, 4.69) is 10.6 Å². The van der Waals surface area contributed by atoms with E-state index in [0.29, 0.717) is 0 Å². The van der Waals surface area contributed by atoms with E-state index in [0.717, 1.165) is 17.5 Å². The Morgan fingerprint density at radius 1 is 0.800 bits per heavy atom. The topological polar surface area (TPSA) is 58.2 Å². The van der Waals surface area contributed by atoms with Crippen molar-refractivity contribution in [1.29, 1.82) is 0 Å². The molecule has 0 spiro atoms. The normalized spacial score (nSPS) is 13.1. The van der Waals surface area contributed by atoms with E-state index in [1.165, 1.54) is 0 Å². The molecule has 2 aromatic carbocycles. The number of hydrogen-bond donors (Lipinski definition) is 2. The van der Waals surface area contributed by atoms with Crippen LogP contribution in [0.15, 0.2) is 60.7 Å². The molecule has 0 aliphatic rings. The van der Waals surface area contributed by atoms with Gasteiger partial charge >= 0.3 is 0 Å². The summed E-state index contributed by atoms with van der Waals surface area (Å²) in [5.74, 6) is -0.784. The van der Waals surface area contributed by atoms with Gasteiger partial charge in [0.15, 0.2) is 0 Å². The fourth-order valence-corrected chi connectivity index (χ4v) is 2.62. The third-order valence-electron chi connectivity index (χ3n) is 4.28. The minimum Gasteiger partial charge on any atom is -0.352 e. The lowest BCUT2D eigenvalue weighted by Crippen LogP contribution is -2.48. The maximum absolute atomic E-state index is 12.9. The van der Waals surface area contributed by atoms with Crippen LogP contribution in [0.3, 0.4) is 0 Å². The van der Waals surface area contributed by atoms with Gasteiger partial charge in [0.2, 0.25) is 11.8 Å². The van der Waals surface area contributed by atoms with E-state index in [-0.39, 0.29) is 17.9 Å². The van der Waals surface area contributed by atoms with Crippen molar-refractivity contribution in [3.05, 3.63) is 71.8 Å². The molecule has 0 aromatic heterocycles. The molecular weight excluding hydrogens is 312 g/mol. The number of nitrogens with one attached hydrogen (secondary N) is 2. The lowest BCUT2D eigenvalue weighted by molar-refractivity contribution is -0.129. The Morgan fingerprint density at radius 2 is 1.28 bits per heavy atom. The van der Waals surface area contributed by atoms with Gasteiger partial charge in [0.1, 0.15) is 6.04 Å². The summed E-state index contributed by atoms with van der Waals surface area (Å²) >= 11 is 0. The quantitative estimate of drug-likeness (QED) is 0.814. The molecule has 132 valence electrons. The molecule has 2 atom stereocenters. The second kappa shape index (κ2) is 9.02. The summed E-state index contributed by atoms with van der Waals surface area (Å²) in [5.41, 5.74) is 1.81. The number of hydrogen-bond acceptors (Lipinski definition) is 2. The van der Waals surface area contributed by atoms with Crippen molar-refractivity contribution in [2.45, 2.75) is 45.2 Å². The highest BCUT2D eigenvalue weighted by atomic mass is 16.2. The molecule has 0 saturated heterocycles. The van der Waals surface area contributed by atoms with Crippen LogP contribution in [0.25, 0.3) is 0 Å². The van der Waals surface area contributed by atoms with Crippen LogP contribution in [0.1, 0.15) is 44.2 Å². The molecule has 2 aromatic rings. The van der Waals surface area contributed by atoms with E-state index >= 15 is 0 Å². The first-order valence-electron chi connectivity index (χ1n) is 8.73. The standard InChI is InChI=1S/C21H26N2O2/c1-4-15(2)22-20(24)16(3)23-21(25)19(17-11-7-5-8-12-17)18-13-9-6-10-14-18/h5-16,19H,4H2,1-3H3,(H,22,24)(H,23,25)/t15?,16-/m0/s1. The minimum absolute atomic E-state index is 0.0888. The third-order valence-corrected chi connectivity index (χ3v) is 4.28. The number of benzene rings is 2. The van der Waals surface area contributed by atoms with Gasteiger partial charge in [-0.15, -0.1) is 0 Å². The van der Waals surface area contributed by atoms with Gasteiger partial charge < -0.3 is 10.6 Å². The monoisotopic (exact) mass is 338 g/mol. The summed E-state index contributed by atoms with van der Waals surface area (Å²) in [6.45, 7) is 5.67. The molecule has 0 radical (unpaired) electrons. The number of carbonyl (C=O) groups excluding carboxylic acids is 2. The van der Waals surface area contributed by atoms with Crippen molar-refractivity contribution in [2.75, 3.05) is 0 Å². The van der Waals surface area contributed by atoms with Crippen molar-refractivity contribution in [1.82, 2.24) is 10.6 Å². The Kier molecular flexibility index (Phi) is 6.75. The van der Waals surface area contributed by atoms with Crippen molar-refractivity contribution in [3.63, 3.8) is 0 Å². The second-order valence-electron chi connectivity index (χ2n) is 6.30. The number of rotatable bonds is 7. The predicted octanol–water partition coefficient (Wildman–Crippen LogP) is 3.24. The van der Waals surface area contributed by atoms with Crippen LogP contribution >= 0.6 is 0 Å². The molecule has 25 heavy (non-hydrogen) atoms. The highest BCUT2D eigenvalue weighted by Crippen LogP contribution is 2.24. The Morgan fingerprint density at radius 3 is 1.72 bits per heavy atom. The Hall–Kier alpha value is -2.62. The average Bonchev–Trinajstić information content (AvgIpc) is 2.63. The Bertz CT molecular complexity index is 646. The van der Waals surface area contributed by atoms with Crippen molar-refractivity contribution < 1.29 is 9.59 Å². The van der Waals surface area contributed by atoms with E-state index in [1.807, 2.05) is 74.5 Å². The summed E-state index contributed by atoms with van der Waals surface area (Å²) in [4.78, 5) is 25.1. The fourth-order valence-electron chi connectivity index (χ4n) is 2.62. The van der Waals surface area contributed by atoms with Crippen molar-refractivity contribution in [3.8, 4) is 0 Å². The molecule has 1 unspecified atom stereocenters. The van der Waals surface area contributed by atoms with Gasteiger partial charge in [-0.3, -0.25) is 9.59 Å². The maximum atomic E-state index is 12.9. The number of carbonyl (C=O) groups is 2. The Balaban J connectivity index is 2.18. The smallest absolute Gasteiger partial charge is 0.242 e. The first kappa shape index (κ1) is 18.7. The summed E-state index contributed by atoms with van der Waals surface area (Å²) in [6, 6.07) is 18.7. The van der Waals surface area contributed by atoms with Crippen molar-refractivity contribution in [2.24, 2.45) is 0 Å². The first-order valence-corrected chi connectivity index (χ1v) is 8.73. The summed E-state index contributed by atoms with van der Waals surface area (Å²) < 4.78 is 0. The molecule has 4 heteroatoms. The molecule has 0 saturated carbocycles. The highest BCUT2D eigenvalue weighted by Gasteiger charge is 2.25. The molecule has 0 bridgehead atoms. The van der Waals surface area contributed by atoms with Gasteiger partial charge in [0.05, 0.1) is 5.92 Å². The molecular formula is C21H26N2O2. The van der Waals surface area contributed by atoms with Crippen LogP contribution in [0, 0.1) is 0 Å². The van der Waals surface area contributed by atoms with Gasteiger partial charge in [0, 0.05) is 6.04 Å². The van der Waals surface area contributed by atoms with Gasteiger partial charge in [-0.25, -0.2) is 0 Å². The van der Waals surface area contributed by atoms with Crippen LogP contribution in [0.5, 0.6) is 0 Å². The lowest BCUT2D eigenvalue weighted by atomic mass is 9.90. The molecule has 0 aliphatic heterocycles. The molecule has 0 heterocycles. The zero-order chi connectivity index (χ0) is 18.2. The molecule has 2 N–H and O–H groups in total. The van der Waals surface area contributed by atoms with Crippen molar-refractivity contribution >= 4 is 11.8 Å². The molecule has 2 rings (SSSR count). The molecule has 2 amide bonds. The van der Waals surface area contributed by atoms with Crippen LogP contribution in [0.2, 0.25) is 0 Å². The van der Waals surface area contributed by atoms with Crippen LogP contribution in [0.4, 0.5) is 0 Å². The van der Waals surface area contributed by atoms with E-state index in [1.54, 1.807) is 6.92 Å². The van der Waals surface area contributed by atoms with Crippen LogP contribution < -0.4 is 10.6 Å². The second-order valence-corrected chi connectivity index (χ2v) is 6.30. The van der Waals surface area contributed by atoms with Gasteiger partial charge in [0.25, 0.3) is 0 Å². The number of amides is 2. The predicted molar refractivity (Wildman–Crippen MR) is 100 cm³/mol. The lowest BCUT2D eigenvalue weighted by Gasteiger charge is -2.22. The summed E-state index contributed by atoms with van der Waals surface area (Å²) in [5, 5.41) is 5.75. The fraction of sp³-hybridized carbons (Fsp3) is 0.333. The van der Waals surface area contributed by atoms with Gasteiger partial charge in [-0.1, -0.05) is 67.6 Å². The molecule has 4 nitrogen and oxygen atoms in total. The summed E-state index contributed by atoms with van der Waals surface area (Å²) in [6.07, 6.45) is 0.850. The van der Waals surface area contributed by atoms with Gasteiger partial charge in [-0.2, -0.15) is 0 Å². The van der Waals surface area contributed by atoms with E-state index in [9.17, 15) is 9.59 Å². The Labute approximate surface area is 149 Å². The molecule has 0 aliphatic carbocycles. The largest absolute Gasteiger partial charge is 0.352 e. The zero-order valence-corrected chi connectivity index (χ0v) is 15.0. The zero-order valence-electron chi connectivity index (χ0n) is 15.0. The highest BCUT2D eigenvalue weighted by molar-refractivity contribution is 5.92. The van der Waals surface area contributed by atoms with Crippen LogP contribution in [-0.2, 0) is 9.59 Å². The minimum atomic E-state index is -0.587. The maximum Gasteiger partial charge on any atom is 0.242 e. The SMILES string of the molecule is CCC(C)NC(=O)[C@H](C)NC(=O)C(c1ccccc1)c1ccccc1.